The van der Waals surface area contributed by atoms with Crippen molar-refractivity contribution in [2.75, 3.05) is 0 Å². The molecule has 0 aliphatic carbocycles. The Morgan fingerprint density at radius 1 is 1.05 bits per heavy atom. The molecular weight excluding hydrogens is 258 g/mol. The number of rotatable bonds is 6. The van der Waals surface area contributed by atoms with Crippen molar-refractivity contribution in [2.24, 2.45) is 5.73 Å². The second-order valence-corrected chi connectivity index (χ2v) is 5.39. The van der Waals surface area contributed by atoms with Gasteiger partial charge in [-0.25, -0.2) is 0 Å². The highest BCUT2D eigenvalue weighted by Gasteiger charge is 2.29. The van der Waals surface area contributed by atoms with E-state index in [-0.39, 0.29) is 5.78 Å². The zero-order chi connectivity index (χ0) is 15.1. The predicted molar refractivity (Wildman–Crippen MR) is 87.8 cm³/mol. The standard InChI is InChI=1S/C19H21NO/c1-16(21)19(20,15-18-11-6-3-7-12-18)14-8-13-17-9-4-2-5-10-17/h2-13H,14-15,20H2,1H3/b13-8+/t19-/m0/s1. The smallest absolute Gasteiger partial charge is 0.150 e. The fourth-order valence-corrected chi connectivity index (χ4v) is 2.27. The van der Waals surface area contributed by atoms with Crippen LogP contribution < -0.4 is 5.73 Å². The third-order valence-corrected chi connectivity index (χ3v) is 3.66. The van der Waals surface area contributed by atoms with Gasteiger partial charge in [0, 0.05) is 0 Å². The predicted octanol–water partition coefficient (Wildman–Crippen LogP) is 3.62. The highest BCUT2D eigenvalue weighted by molar-refractivity contribution is 5.86. The Balaban J connectivity index is 2.08. The number of ketones is 1. The Morgan fingerprint density at radius 3 is 2.19 bits per heavy atom. The van der Waals surface area contributed by atoms with E-state index < -0.39 is 5.54 Å². The molecule has 21 heavy (non-hydrogen) atoms. The van der Waals surface area contributed by atoms with Gasteiger partial charge in [-0.3, -0.25) is 4.79 Å². The maximum atomic E-state index is 12.0. The van der Waals surface area contributed by atoms with Crippen LogP contribution in [0.15, 0.2) is 66.7 Å². The van der Waals surface area contributed by atoms with Crippen molar-refractivity contribution >= 4 is 11.9 Å². The van der Waals surface area contributed by atoms with Gasteiger partial charge in [0.1, 0.15) is 5.78 Å². The number of benzene rings is 2. The Morgan fingerprint density at radius 2 is 1.62 bits per heavy atom. The molecular formula is C19H21NO. The van der Waals surface area contributed by atoms with Crippen LogP contribution in [-0.4, -0.2) is 11.3 Å². The van der Waals surface area contributed by atoms with Crippen LogP contribution in [0.1, 0.15) is 24.5 Å². The van der Waals surface area contributed by atoms with Crippen LogP contribution in [0.25, 0.3) is 6.08 Å². The Bertz CT molecular complexity index is 604. The first kappa shape index (κ1) is 15.2. The van der Waals surface area contributed by atoms with Crippen molar-refractivity contribution in [3.8, 4) is 0 Å². The first-order chi connectivity index (χ1) is 10.1. The molecule has 0 bridgehead atoms. The number of hydrogen-bond donors (Lipinski definition) is 1. The Hall–Kier alpha value is -2.19. The first-order valence-electron chi connectivity index (χ1n) is 7.16. The third kappa shape index (κ3) is 4.40. The van der Waals surface area contributed by atoms with Crippen molar-refractivity contribution in [1.82, 2.24) is 0 Å². The third-order valence-electron chi connectivity index (χ3n) is 3.66. The molecule has 0 saturated heterocycles. The number of carbonyl (C=O) groups excluding carboxylic acids is 1. The molecule has 0 saturated carbocycles. The Labute approximate surface area is 126 Å². The van der Waals surface area contributed by atoms with E-state index in [2.05, 4.69) is 0 Å². The van der Waals surface area contributed by atoms with Gasteiger partial charge in [0.05, 0.1) is 5.54 Å². The van der Waals surface area contributed by atoms with Crippen molar-refractivity contribution in [3.63, 3.8) is 0 Å². The summed E-state index contributed by atoms with van der Waals surface area (Å²) in [6.45, 7) is 1.57. The summed E-state index contributed by atoms with van der Waals surface area (Å²) in [6, 6.07) is 19.9. The number of hydrogen-bond acceptors (Lipinski definition) is 2. The number of Topliss-reactive ketones (excluding diaryl/α,β-unsaturated/α-hetero) is 1. The van der Waals surface area contributed by atoms with Crippen LogP contribution in [0.4, 0.5) is 0 Å². The van der Waals surface area contributed by atoms with E-state index in [4.69, 9.17) is 5.73 Å². The van der Waals surface area contributed by atoms with Crippen molar-refractivity contribution in [1.29, 1.82) is 0 Å². The molecule has 0 spiro atoms. The summed E-state index contributed by atoms with van der Waals surface area (Å²) in [6.07, 6.45) is 5.09. The quantitative estimate of drug-likeness (QED) is 0.877. The minimum Gasteiger partial charge on any atom is -0.318 e. The van der Waals surface area contributed by atoms with Crippen LogP contribution in [0.3, 0.4) is 0 Å². The molecule has 2 heteroatoms. The second kappa shape index (κ2) is 7.00. The fourth-order valence-electron chi connectivity index (χ4n) is 2.27. The highest BCUT2D eigenvalue weighted by Crippen LogP contribution is 2.18. The van der Waals surface area contributed by atoms with Crippen LogP contribution in [0.2, 0.25) is 0 Å². The molecule has 2 rings (SSSR count). The second-order valence-electron chi connectivity index (χ2n) is 5.39. The molecule has 0 amide bonds. The van der Waals surface area contributed by atoms with E-state index in [9.17, 15) is 4.79 Å². The topological polar surface area (TPSA) is 43.1 Å². The molecule has 2 aromatic carbocycles. The lowest BCUT2D eigenvalue weighted by Crippen LogP contribution is -2.48. The number of carbonyl (C=O) groups is 1. The monoisotopic (exact) mass is 279 g/mol. The molecule has 1 atom stereocenters. The van der Waals surface area contributed by atoms with Crippen molar-refractivity contribution in [3.05, 3.63) is 77.9 Å². The van der Waals surface area contributed by atoms with Crippen LogP contribution in [0, 0.1) is 0 Å². The first-order valence-corrected chi connectivity index (χ1v) is 7.16. The molecule has 2 aromatic rings. The normalized spacial score (nSPS) is 14.0. The zero-order valence-corrected chi connectivity index (χ0v) is 12.3. The lowest BCUT2D eigenvalue weighted by atomic mass is 9.85. The summed E-state index contributed by atoms with van der Waals surface area (Å²) < 4.78 is 0. The van der Waals surface area contributed by atoms with Gasteiger partial charge in [0.15, 0.2) is 0 Å². The summed E-state index contributed by atoms with van der Waals surface area (Å²) in [5.74, 6) is 0.0177. The summed E-state index contributed by atoms with van der Waals surface area (Å²) in [5, 5.41) is 0. The average Bonchev–Trinajstić information content (AvgIpc) is 2.49. The molecule has 0 aliphatic heterocycles. The van der Waals surface area contributed by atoms with E-state index >= 15 is 0 Å². The van der Waals surface area contributed by atoms with Crippen molar-refractivity contribution in [2.45, 2.75) is 25.3 Å². The van der Waals surface area contributed by atoms with Crippen LogP contribution in [0.5, 0.6) is 0 Å². The van der Waals surface area contributed by atoms with Gasteiger partial charge in [-0.05, 0) is 30.9 Å². The molecule has 0 heterocycles. The van der Waals surface area contributed by atoms with Crippen LogP contribution in [-0.2, 0) is 11.2 Å². The largest absolute Gasteiger partial charge is 0.318 e. The van der Waals surface area contributed by atoms with Crippen LogP contribution >= 0.6 is 0 Å². The highest BCUT2D eigenvalue weighted by atomic mass is 16.1. The van der Waals surface area contributed by atoms with E-state index in [0.29, 0.717) is 12.8 Å². The lowest BCUT2D eigenvalue weighted by Gasteiger charge is -2.25. The van der Waals surface area contributed by atoms with Gasteiger partial charge < -0.3 is 5.73 Å². The van der Waals surface area contributed by atoms with E-state index in [1.165, 1.54) is 0 Å². The molecule has 2 N–H and O–H groups in total. The molecule has 0 unspecified atom stereocenters. The number of nitrogens with two attached hydrogens (primary N) is 1. The molecule has 2 nitrogen and oxygen atoms in total. The molecule has 0 fully saturated rings. The van der Waals surface area contributed by atoms with E-state index in [1.54, 1.807) is 6.92 Å². The van der Waals surface area contributed by atoms with Gasteiger partial charge in [0.2, 0.25) is 0 Å². The van der Waals surface area contributed by atoms with E-state index in [1.807, 2.05) is 72.8 Å². The maximum absolute atomic E-state index is 12.0. The SMILES string of the molecule is CC(=O)[C@](N)(C/C=C/c1ccccc1)Cc1ccccc1. The molecule has 0 aromatic heterocycles. The zero-order valence-electron chi connectivity index (χ0n) is 12.3. The maximum Gasteiger partial charge on any atom is 0.150 e. The summed E-state index contributed by atoms with van der Waals surface area (Å²) in [7, 11) is 0. The van der Waals surface area contributed by atoms with Gasteiger partial charge in [-0.2, -0.15) is 0 Å². The fraction of sp³-hybridized carbons (Fsp3) is 0.211. The summed E-state index contributed by atoms with van der Waals surface area (Å²) >= 11 is 0. The van der Waals surface area contributed by atoms with E-state index in [0.717, 1.165) is 11.1 Å². The summed E-state index contributed by atoms with van der Waals surface area (Å²) in [5.41, 5.74) is 7.70. The van der Waals surface area contributed by atoms with Crippen molar-refractivity contribution < 1.29 is 4.79 Å². The van der Waals surface area contributed by atoms with Gasteiger partial charge in [0.25, 0.3) is 0 Å². The average molecular weight is 279 g/mol. The Kier molecular flexibility index (Phi) is 5.07. The lowest BCUT2D eigenvalue weighted by molar-refractivity contribution is -0.121. The summed E-state index contributed by atoms with van der Waals surface area (Å²) in [4.78, 5) is 12.0. The molecule has 0 aliphatic rings. The minimum absolute atomic E-state index is 0.0177. The van der Waals surface area contributed by atoms with Gasteiger partial charge in [-0.15, -0.1) is 0 Å². The van der Waals surface area contributed by atoms with Gasteiger partial charge >= 0.3 is 0 Å². The van der Waals surface area contributed by atoms with Gasteiger partial charge in [-0.1, -0.05) is 72.8 Å². The minimum atomic E-state index is -0.841. The molecule has 108 valence electrons. The molecule has 0 radical (unpaired) electrons.